The number of ether oxygens (including phenoxy) is 2. The van der Waals surface area contributed by atoms with Crippen molar-refractivity contribution in [2.45, 2.75) is 26.0 Å². The van der Waals surface area contributed by atoms with Gasteiger partial charge in [-0.15, -0.1) is 0 Å². The lowest BCUT2D eigenvalue weighted by Gasteiger charge is -2.32. The van der Waals surface area contributed by atoms with Crippen molar-refractivity contribution in [3.63, 3.8) is 0 Å². The van der Waals surface area contributed by atoms with Crippen molar-refractivity contribution in [3.8, 4) is 5.75 Å². The fourth-order valence-electron chi connectivity index (χ4n) is 4.33. The maximum atomic E-state index is 13.2. The van der Waals surface area contributed by atoms with Crippen LogP contribution in [-0.2, 0) is 11.3 Å². The van der Waals surface area contributed by atoms with Crippen molar-refractivity contribution in [1.82, 2.24) is 20.0 Å². The molecule has 0 unspecified atom stereocenters. The highest BCUT2D eigenvalue weighted by Crippen LogP contribution is 2.32. The first-order valence-electron chi connectivity index (χ1n) is 11.6. The number of nitrogens with one attached hydrogen (secondary N) is 1. The van der Waals surface area contributed by atoms with Gasteiger partial charge in [-0.1, -0.05) is 11.6 Å². The summed E-state index contributed by atoms with van der Waals surface area (Å²) in [4.78, 5) is 27.1. The van der Waals surface area contributed by atoms with Gasteiger partial charge in [-0.3, -0.25) is 14.3 Å². The third-order valence-electron chi connectivity index (χ3n) is 6.17. The molecule has 2 aromatic carbocycles. The van der Waals surface area contributed by atoms with E-state index in [0.717, 1.165) is 12.8 Å². The number of fused-ring (bicyclic) bond motifs is 1. The summed E-state index contributed by atoms with van der Waals surface area (Å²) in [6.07, 6.45) is 3.19. The van der Waals surface area contributed by atoms with Crippen LogP contribution in [0, 0.1) is 5.92 Å². The standard InChI is InChI=1S/C25H27ClF2N4O4/c1-35-13-10-29-23(33)19-6-7-21-20(22(19)36-25(27)28)15-32(30-21)14-16-8-11-31(12-9-16)24(34)17-2-4-18(26)5-3-17/h2-7,15-16,25H,8-14H2,1H3,(H,29,33). The molecular formula is C25H27ClF2N4O4. The molecule has 36 heavy (non-hydrogen) atoms. The molecule has 8 nitrogen and oxygen atoms in total. The van der Waals surface area contributed by atoms with E-state index >= 15 is 0 Å². The predicted octanol–water partition coefficient (Wildman–Crippen LogP) is 4.22. The van der Waals surface area contributed by atoms with Gasteiger partial charge in [0.15, 0.2) is 0 Å². The number of aromatic nitrogens is 2. The molecule has 1 N–H and O–H groups in total. The summed E-state index contributed by atoms with van der Waals surface area (Å²) in [6, 6.07) is 9.88. The number of rotatable bonds is 9. The molecule has 2 heterocycles. The Kier molecular flexibility index (Phi) is 8.37. The highest BCUT2D eigenvalue weighted by Gasteiger charge is 2.25. The van der Waals surface area contributed by atoms with Gasteiger partial charge < -0.3 is 19.7 Å². The zero-order valence-electron chi connectivity index (χ0n) is 19.8. The van der Waals surface area contributed by atoms with Crippen LogP contribution in [0.2, 0.25) is 5.02 Å². The van der Waals surface area contributed by atoms with Crippen molar-refractivity contribution in [2.24, 2.45) is 5.92 Å². The van der Waals surface area contributed by atoms with E-state index < -0.39 is 12.5 Å². The van der Waals surface area contributed by atoms with Gasteiger partial charge in [-0.05, 0) is 55.2 Å². The molecule has 1 aliphatic rings. The molecule has 1 aromatic heterocycles. The number of methoxy groups -OCH3 is 1. The largest absolute Gasteiger partial charge is 0.433 e. The van der Waals surface area contributed by atoms with E-state index in [4.69, 9.17) is 21.1 Å². The second kappa shape index (κ2) is 11.7. The van der Waals surface area contributed by atoms with Gasteiger partial charge in [0.1, 0.15) is 5.75 Å². The Labute approximate surface area is 212 Å². The smallest absolute Gasteiger partial charge is 0.387 e. The number of hydrogen-bond donors (Lipinski definition) is 1. The van der Waals surface area contributed by atoms with Crippen LogP contribution in [0.3, 0.4) is 0 Å². The Hall–Kier alpha value is -3.24. The molecule has 0 radical (unpaired) electrons. The van der Waals surface area contributed by atoms with Gasteiger partial charge in [-0.2, -0.15) is 13.9 Å². The van der Waals surface area contributed by atoms with Gasteiger partial charge in [0, 0.05) is 50.1 Å². The molecular weight excluding hydrogens is 494 g/mol. The average molecular weight is 521 g/mol. The normalized spacial score (nSPS) is 14.4. The Bertz CT molecular complexity index is 1210. The number of benzene rings is 2. The zero-order valence-corrected chi connectivity index (χ0v) is 20.5. The number of halogens is 3. The van der Waals surface area contributed by atoms with Crippen LogP contribution in [0.25, 0.3) is 10.9 Å². The van der Waals surface area contributed by atoms with Crippen LogP contribution in [0.15, 0.2) is 42.6 Å². The van der Waals surface area contributed by atoms with Gasteiger partial charge in [0.25, 0.3) is 11.8 Å². The first-order chi connectivity index (χ1) is 17.4. The number of likely N-dealkylation sites (tertiary alicyclic amines) is 1. The van der Waals surface area contributed by atoms with Gasteiger partial charge >= 0.3 is 6.61 Å². The Morgan fingerprint density at radius 1 is 1.17 bits per heavy atom. The monoisotopic (exact) mass is 520 g/mol. The summed E-state index contributed by atoms with van der Waals surface area (Å²) in [7, 11) is 1.50. The minimum Gasteiger partial charge on any atom is -0.433 e. The summed E-state index contributed by atoms with van der Waals surface area (Å²) < 4.78 is 37.7. The molecule has 2 amide bonds. The number of alkyl halides is 2. The maximum absolute atomic E-state index is 13.2. The summed E-state index contributed by atoms with van der Waals surface area (Å²) in [5.74, 6) is -0.507. The Morgan fingerprint density at radius 3 is 2.56 bits per heavy atom. The van der Waals surface area contributed by atoms with E-state index in [0.29, 0.717) is 47.7 Å². The summed E-state index contributed by atoms with van der Waals surface area (Å²) in [6.45, 7) is -0.786. The SMILES string of the molecule is COCCNC(=O)c1ccc2nn(CC3CCN(C(=O)c4ccc(Cl)cc4)CC3)cc2c1OC(F)F. The van der Waals surface area contributed by atoms with E-state index in [9.17, 15) is 18.4 Å². The van der Waals surface area contributed by atoms with E-state index in [1.54, 1.807) is 41.2 Å². The molecule has 1 saturated heterocycles. The van der Waals surface area contributed by atoms with E-state index in [1.165, 1.54) is 13.2 Å². The predicted molar refractivity (Wildman–Crippen MR) is 131 cm³/mol. The second-order valence-electron chi connectivity index (χ2n) is 8.60. The third kappa shape index (κ3) is 6.11. The van der Waals surface area contributed by atoms with Crippen LogP contribution >= 0.6 is 11.6 Å². The number of carbonyl (C=O) groups excluding carboxylic acids is 2. The van der Waals surface area contributed by atoms with Gasteiger partial charge in [-0.25, -0.2) is 0 Å². The Balaban J connectivity index is 1.44. The molecule has 11 heteroatoms. The minimum absolute atomic E-state index is 0.00692. The van der Waals surface area contributed by atoms with Gasteiger partial charge in [0.05, 0.1) is 23.1 Å². The molecule has 3 aromatic rings. The quantitative estimate of drug-likeness (QED) is 0.427. The number of nitrogens with zero attached hydrogens (tertiary/aromatic N) is 3. The van der Waals surface area contributed by atoms with Crippen LogP contribution in [-0.4, -0.2) is 66.5 Å². The van der Waals surface area contributed by atoms with Crippen LogP contribution in [0.1, 0.15) is 33.6 Å². The summed E-state index contributed by atoms with van der Waals surface area (Å²) in [5, 5.41) is 8.05. The van der Waals surface area contributed by atoms with Crippen molar-refractivity contribution in [1.29, 1.82) is 0 Å². The fraction of sp³-hybridized carbons (Fsp3) is 0.400. The van der Waals surface area contributed by atoms with Crippen molar-refractivity contribution >= 4 is 34.3 Å². The van der Waals surface area contributed by atoms with Crippen molar-refractivity contribution < 1.29 is 27.8 Å². The van der Waals surface area contributed by atoms with Gasteiger partial charge in [0.2, 0.25) is 0 Å². The number of piperidine rings is 1. The summed E-state index contributed by atoms with van der Waals surface area (Å²) >= 11 is 5.91. The molecule has 4 rings (SSSR count). The molecule has 0 atom stereocenters. The highest BCUT2D eigenvalue weighted by molar-refractivity contribution is 6.30. The zero-order chi connectivity index (χ0) is 25.7. The first kappa shape index (κ1) is 25.8. The topological polar surface area (TPSA) is 85.7 Å². The molecule has 1 aliphatic heterocycles. The lowest BCUT2D eigenvalue weighted by molar-refractivity contribution is -0.0491. The molecule has 192 valence electrons. The molecule has 0 saturated carbocycles. The third-order valence-corrected chi connectivity index (χ3v) is 6.42. The van der Waals surface area contributed by atoms with Crippen molar-refractivity contribution in [2.75, 3.05) is 33.4 Å². The second-order valence-corrected chi connectivity index (χ2v) is 9.03. The van der Waals surface area contributed by atoms with E-state index in [1.807, 2.05) is 4.90 Å². The fourth-order valence-corrected chi connectivity index (χ4v) is 4.45. The number of hydrogen-bond acceptors (Lipinski definition) is 5. The van der Waals surface area contributed by atoms with E-state index in [2.05, 4.69) is 10.4 Å². The van der Waals surface area contributed by atoms with Crippen molar-refractivity contribution in [3.05, 3.63) is 58.7 Å². The lowest BCUT2D eigenvalue weighted by atomic mass is 9.96. The number of amides is 2. The molecule has 0 bridgehead atoms. The lowest BCUT2D eigenvalue weighted by Crippen LogP contribution is -2.39. The van der Waals surface area contributed by atoms with E-state index in [-0.39, 0.29) is 29.7 Å². The Morgan fingerprint density at radius 2 is 1.89 bits per heavy atom. The highest BCUT2D eigenvalue weighted by atomic mass is 35.5. The average Bonchev–Trinajstić information content (AvgIpc) is 3.27. The molecule has 1 fully saturated rings. The van der Waals surface area contributed by atoms with Crippen LogP contribution in [0.5, 0.6) is 5.75 Å². The number of carbonyl (C=O) groups is 2. The minimum atomic E-state index is -3.09. The maximum Gasteiger partial charge on any atom is 0.387 e. The van der Waals surface area contributed by atoms with Crippen LogP contribution < -0.4 is 10.1 Å². The molecule has 0 spiro atoms. The first-order valence-corrected chi connectivity index (χ1v) is 12.0. The molecule has 0 aliphatic carbocycles. The van der Waals surface area contributed by atoms with Crippen LogP contribution in [0.4, 0.5) is 8.78 Å². The summed E-state index contributed by atoms with van der Waals surface area (Å²) in [5.41, 5.74) is 1.06.